The molecule has 1 fully saturated rings. The number of ether oxygens (including phenoxy) is 1. The number of hydrogen-bond donors (Lipinski definition) is 2. The summed E-state index contributed by atoms with van der Waals surface area (Å²) in [6.45, 7) is 1.54. The molecule has 1 heterocycles. The molecule has 1 aromatic rings. The number of hydrogen-bond acceptors (Lipinski definition) is 4. The number of benzene rings is 1. The Balaban J connectivity index is 1.86. The van der Waals surface area contributed by atoms with Crippen LogP contribution in [0.4, 0.5) is 0 Å². The molecule has 0 radical (unpaired) electrons. The average molecular weight is 277 g/mol. The Morgan fingerprint density at radius 1 is 1.30 bits per heavy atom. The first kappa shape index (κ1) is 14.2. The lowest BCUT2D eigenvalue weighted by Crippen LogP contribution is -2.36. The predicted octanol–water partition coefficient (Wildman–Crippen LogP) is 2.36. The molecule has 0 aliphatic carbocycles. The lowest BCUT2D eigenvalue weighted by atomic mass is 9.97. The number of aliphatic hydroxyl groups is 1. The van der Waals surface area contributed by atoms with Crippen LogP contribution in [0, 0.1) is 5.92 Å². The maximum atomic E-state index is 10.9. The molecule has 0 bridgehead atoms. The van der Waals surface area contributed by atoms with Crippen molar-refractivity contribution in [1.29, 1.82) is 0 Å². The highest BCUT2D eigenvalue weighted by Crippen LogP contribution is 2.21. The summed E-state index contributed by atoms with van der Waals surface area (Å²) in [4.78, 5) is 12.8. The molecule has 5 nitrogen and oxygen atoms in total. The first-order chi connectivity index (χ1) is 9.70. The van der Waals surface area contributed by atoms with Gasteiger partial charge < -0.3 is 19.8 Å². The van der Waals surface area contributed by atoms with Crippen molar-refractivity contribution in [2.75, 3.05) is 13.1 Å². The second-order valence-electron chi connectivity index (χ2n) is 4.84. The van der Waals surface area contributed by atoms with E-state index in [1.807, 2.05) is 35.2 Å². The van der Waals surface area contributed by atoms with Gasteiger partial charge >= 0.3 is 5.97 Å². The molecule has 2 rings (SSSR count). The molecular weight excluding hydrogens is 258 g/mol. The molecule has 0 atom stereocenters. The topological polar surface area (TPSA) is 70.0 Å². The zero-order valence-electron chi connectivity index (χ0n) is 11.2. The molecule has 108 valence electrons. The van der Waals surface area contributed by atoms with Gasteiger partial charge in [-0.3, -0.25) is 4.79 Å². The smallest absolute Gasteiger partial charge is 0.306 e. The zero-order valence-corrected chi connectivity index (χ0v) is 11.2. The summed E-state index contributed by atoms with van der Waals surface area (Å²) in [6.07, 6.45) is 2.09. The van der Waals surface area contributed by atoms with E-state index in [-0.39, 0.29) is 5.92 Å². The molecule has 0 unspecified atom stereocenters. The number of aliphatic carboxylic acids is 1. The molecule has 1 aliphatic heterocycles. The highest BCUT2D eigenvalue weighted by Gasteiger charge is 2.26. The summed E-state index contributed by atoms with van der Waals surface area (Å²) in [5.41, 5.74) is 1.02. The molecule has 5 heteroatoms. The summed E-state index contributed by atoms with van der Waals surface area (Å²) >= 11 is 0. The Morgan fingerprint density at radius 2 is 1.95 bits per heavy atom. The van der Waals surface area contributed by atoms with Crippen LogP contribution < -0.4 is 0 Å². The van der Waals surface area contributed by atoms with Crippen molar-refractivity contribution < 1.29 is 19.7 Å². The number of carboxylic acid groups (broad SMARTS) is 1. The summed E-state index contributed by atoms with van der Waals surface area (Å²) in [7, 11) is 0. The number of carbonyl (C=O) groups is 1. The first-order valence-corrected chi connectivity index (χ1v) is 6.69. The van der Waals surface area contributed by atoms with Gasteiger partial charge in [0, 0.05) is 13.1 Å². The molecule has 2 N–H and O–H groups in total. The van der Waals surface area contributed by atoms with Gasteiger partial charge in [0.2, 0.25) is 5.88 Å². The van der Waals surface area contributed by atoms with Crippen LogP contribution in [0.3, 0.4) is 0 Å². The molecule has 1 aliphatic rings. The molecule has 0 spiro atoms. The summed E-state index contributed by atoms with van der Waals surface area (Å²) < 4.78 is 5.60. The number of rotatable bonds is 5. The van der Waals surface area contributed by atoms with Crippen LogP contribution >= 0.6 is 0 Å². The summed E-state index contributed by atoms with van der Waals surface area (Å²) in [5.74, 6) is -0.637. The van der Waals surface area contributed by atoms with Gasteiger partial charge in [0.1, 0.15) is 12.9 Å². The van der Waals surface area contributed by atoms with E-state index in [9.17, 15) is 9.90 Å². The third-order valence-electron chi connectivity index (χ3n) is 3.50. The molecule has 1 saturated heterocycles. The summed E-state index contributed by atoms with van der Waals surface area (Å²) in [5, 5.41) is 18.2. The van der Waals surface area contributed by atoms with Crippen LogP contribution in [0.2, 0.25) is 0 Å². The number of nitrogens with zero attached hydrogens (tertiary/aromatic N) is 1. The van der Waals surface area contributed by atoms with Gasteiger partial charge in [-0.2, -0.15) is 0 Å². The fourth-order valence-corrected chi connectivity index (χ4v) is 2.29. The van der Waals surface area contributed by atoms with E-state index in [4.69, 9.17) is 9.84 Å². The maximum Gasteiger partial charge on any atom is 0.306 e. The van der Waals surface area contributed by atoms with E-state index in [1.165, 1.54) is 0 Å². The quantitative estimate of drug-likeness (QED) is 0.808. The van der Waals surface area contributed by atoms with Crippen LogP contribution in [0.25, 0.3) is 0 Å². The van der Waals surface area contributed by atoms with Crippen LogP contribution in [0.15, 0.2) is 42.5 Å². The molecule has 0 aromatic heterocycles. The molecule has 0 saturated carbocycles. The summed E-state index contributed by atoms with van der Waals surface area (Å²) in [6, 6.07) is 9.69. The van der Waals surface area contributed by atoms with Crippen molar-refractivity contribution in [3.05, 3.63) is 48.0 Å². The zero-order chi connectivity index (χ0) is 14.4. The van der Waals surface area contributed by atoms with Crippen LogP contribution in [0.1, 0.15) is 18.4 Å². The lowest BCUT2D eigenvalue weighted by molar-refractivity contribution is -0.143. The molecular formula is C15H19NO4. The van der Waals surface area contributed by atoms with Crippen LogP contribution in [-0.4, -0.2) is 34.2 Å². The minimum atomic E-state index is -0.746. The first-order valence-electron chi connectivity index (χ1n) is 6.69. The van der Waals surface area contributed by atoms with Crippen LogP contribution in [-0.2, 0) is 16.1 Å². The minimum absolute atomic E-state index is 0.291. The Kier molecular flexibility index (Phi) is 4.87. The number of piperidine rings is 1. The average Bonchev–Trinajstić information content (AvgIpc) is 2.49. The van der Waals surface area contributed by atoms with Gasteiger partial charge in [0.05, 0.1) is 5.92 Å². The van der Waals surface area contributed by atoms with E-state index >= 15 is 0 Å². The lowest BCUT2D eigenvalue weighted by Gasteiger charge is -2.32. The van der Waals surface area contributed by atoms with E-state index in [0.29, 0.717) is 38.4 Å². The SMILES string of the molecule is O=C(O)C1CCN(C(=CO)OCc2ccccc2)CC1. The van der Waals surface area contributed by atoms with Crippen LogP contribution in [0.5, 0.6) is 0 Å². The van der Waals surface area contributed by atoms with Gasteiger partial charge in [-0.25, -0.2) is 0 Å². The highest BCUT2D eigenvalue weighted by molar-refractivity contribution is 5.70. The molecule has 20 heavy (non-hydrogen) atoms. The third-order valence-corrected chi connectivity index (χ3v) is 3.50. The van der Waals surface area contributed by atoms with E-state index in [0.717, 1.165) is 11.8 Å². The monoisotopic (exact) mass is 277 g/mol. The Labute approximate surface area is 118 Å². The van der Waals surface area contributed by atoms with Crippen molar-refractivity contribution in [2.24, 2.45) is 5.92 Å². The van der Waals surface area contributed by atoms with Crippen molar-refractivity contribution in [3.63, 3.8) is 0 Å². The van der Waals surface area contributed by atoms with Gasteiger partial charge in [-0.05, 0) is 18.4 Å². The van der Waals surface area contributed by atoms with Gasteiger partial charge in [0.15, 0.2) is 0 Å². The Bertz CT molecular complexity index is 464. The Morgan fingerprint density at radius 3 is 2.50 bits per heavy atom. The second kappa shape index (κ2) is 6.84. The fraction of sp³-hybridized carbons (Fsp3) is 0.400. The number of likely N-dealkylation sites (tertiary alicyclic amines) is 1. The fourth-order valence-electron chi connectivity index (χ4n) is 2.29. The van der Waals surface area contributed by atoms with Crippen molar-refractivity contribution in [1.82, 2.24) is 4.90 Å². The number of aliphatic hydroxyl groups excluding tert-OH is 1. The van der Waals surface area contributed by atoms with Gasteiger partial charge in [0.25, 0.3) is 0 Å². The van der Waals surface area contributed by atoms with E-state index in [2.05, 4.69) is 0 Å². The van der Waals surface area contributed by atoms with Gasteiger partial charge in [-0.1, -0.05) is 30.3 Å². The van der Waals surface area contributed by atoms with Gasteiger partial charge in [-0.15, -0.1) is 0 Å². The second-order valence-corrected chi connectivity index (χ2v) is 4.84. The van der Waals surface area contributed by atoms with Crippen molar-refractivity contribution in [2.45, 2.75) is 19.4 Å². The Hall–Kier alpha value is -2.17. The third kappa shape index (κ3) is 3.66. The number of carboxylic acids is 1. The van der Waals surface area contributed by atoms with Crippen molar-refractivity contribution in [3.8, 4) is 0 Å². The normalized spacial score (nSPS) is 17.0. The molecule has 1 aromatic carbocycles. The predicted molar refractivity (Wildman–Crippen MR) is 73.9 cm³/mol. The highest BCUT2D eigenvalue weighted by atomic mass is 16.5. The largest absolute Gasteiger partial charge is 0.510 e. The van der Waals surface area contributed by atoms with E-state index in [1.54, 1.807) is 0 Å². The van der Waals surface area contributed by atoms with E-state index < -0.39 is 5.97 Å². The molecule has 0 amide bonds. The standard InChI is InChI=1S/C15H19NO4/c17-10-14(20-11-12-4-2-1-3-5-12)16-8-6-13(7-9-16)15(18)19/h1-5,10,13,17H,6-9,11H2,(H,18,19). The minimum Gasteiger partial charge on any atom is -0.510 e. The van der Waals surface area contributed by atoms with Crippen molar-refractivity contribution >= 4 is 5.97 Å². The maximum absolute atomic E-state index is 10.9.